The van der Waals surface area contributed by atoms with Gasteiger partial charge in [-0.2, -0.15) is 12.7 Å². The van der Waals surface area contributed by atoms with E-state index in [1.807, 2.05) is 0 Å². The summed E-state index contributed by atoms with van der Waals surface area (Å²) in [6.45, 7) is 1.31. The van der Waals surface area contributed by atoms with Gasteiger partial charge in [-0.1, -0.05) is 18.2 Å². The standard InChI is InChI=1S/C13H16N2O4S/c16-13(17)11-6-9-15(12-5-2-1-4-10(11)12)20(18,19)14-7-3-8-14/h1-2,4-5,11H,3,6-9H2,(H,16,17). The summed E-state index contributed by atoms with van der Waals surface area (Å²) in [6.07, 6.45) is 1.19. The van der Waals surface area contributed by atoms with Crippen LogP contribution in [0.4, 0.5) is 5.69 Å². The minimum Gasteiger partial charge on any atom is -0.481 e. The first-order chi connectivity index (χ1) is 9.51. The van der Waals surface area contributed by atoms with Crippen molar-refractivity contribution in [2.45, 2.75) is 18.8 Å². The van der Waals surface area contributed by atoms with Crippen molar-refractivity contribution in [2.75, 3.05) is 23.9 Å². The predicted molar refractivity (Wildman–Crippen MR) is 73.9 cm³/mol. The van der Waals surface area contributed by atoms with Gasteiger partial charge in [0, 0.05) is 19.6 Å². The second-order valence-corrected chi connectivity index (χ2v) is 6.92. The Morgan fingerprint density at radius 1 is 1.20 bits per heavy atom. The van der Waals surface area contributed by atoms with Crippen LogP contribution >= 0.6 is 0 Å². The second-order valence-electron chi connectivity index (χ2n) is 5.07. The molecule has 2 heterocycles. The molecule has 2 aliphatic rings. The summed E-state index contributed by atoms with van der Waals surface area (Å²) < 4.78 is 27.8. The van der Waals surface area contributed by atoms with Crippen molar-refractivity contribution < 1.29 is 18.3 Å². The highest BCUT2D eigenvalue weighted by Gasteiger charge is 2.39. The number of nitrogens with zero attached hydrogens (tertiary/aromatic N) is 2. The number of anilines is 1. The van der Waals surface area contributed by atoms with E-state index in [1.54, 1.807) is 24.3 Å². The van der Waals surface area contributed by atoms with Crippen LogP contribution in [-0.4, -0.2) is 43.4 Å². The number of carbonyl (C=O) groups is 1. The van der Waals surface area contributed by atoms with Gasteiger partial charge in [-0.25, -0.2) is 0 Å². The highest BCUT2D eigenvalue weighted by atomic mass is 32.2. The average molecular weight is 296 g/mol. The van der Waals surface area contributed by atoms with Gasteiger partial charge in [-0.3, -0.25) is 9.10 Å². The Kier molecular flexibility index (Phi) is 3.18. The predicted octanol–water partition coefficient (Wildman–Crippen LogP) is 1.02. The zero-order valence-corrected chi connectivity index (χ0v) is 11.7. The average Bonchev–Trinajstić information content (AvgIpc) is 2.34. The molecule has 20 heavy (non-hydrogen) atoms. The van der Waals surface area contributed by atoms with Gasteiger partial charge in [0.2, 0.25) is 0 Å². The maximum absolute atomic E-state index is 12.5. The molecule has 1 aromatic carbocycles. The van der Waals surface area contributed by atoms with E-state index in [1.165, 1.54) is 8.61 Å². The molecule has 1 N–H and O–H groups in total. The molecule has 1 unspecified atom stereocenters. The number of para-hydroxylation sites is 1. The van der Waals surface area contributed by atoms with Gasteiger partial charge in [0.25, 0.3) is 0 Å². The van der Waals surface area contributed by atoms with E-state index in [9.17, 15) is 18.3 Å². The van der Waals surface area contributed by atoms with Gasteiger partial charge in [0.05, 0.1) is 11.6 Å². The van der Waals surface area contributed by atoms with Crippen molar-refractivity contribution in [3.8, 4) is 0 Å². The minimum absolute atomic E-state index is 0.215. The summed E-state index contributed by atoms with van der Waals surface area (Å²) in [5.41, 5.74) is 1.08. The molecule has 6 nitrogen and oxygen atoms in total. The van der Waals surface area contributed by atoms with E-state index >= 15 is 0 Å². The largest absolute Gasteiger partial charge is 0.481 e. The van der Waals surface area contributed by atoms with E-state index in [-0.39, 0.29) is 6.54 Å². The molecule has 3 rings (SSSR count). The first kappa shape index (κ1) is 13.4. The van der Waals surface area contributed by atoms with E-state index in [0.717, 1.165) is 6.42 Å². The van der Waals surface area contributed by atoms with Gasteiger partial charge in [0.15, 0.2) is 0 Å². The molecule has 0 amide bonds. The van der Waals surface area contributed by atoms with Crippen LogP contribution in [0.3, 0.4) is 0 Å². The van der Waals surface area contributed by atoms with Gasteiger partial charge in [0.1, 0.15) is 0 Å². The molecule has 1 atom stereocenters. The van der Waals surface area contributed by atoms with E-state index in [4.69, 9.17) is 0 Å². The number of benzene rings is 1. The van der Waals surface area contributed by atoms with Crippen LogP contribution in [0.1, 0.15) is 24.3 Å². The molecule has 0 spiro atoms. The fourth-order valence-electron chi connectivity index (χ4n) is 2.69. The zero-order valence-electron chi connectivity index (χ0n) is 10.9. The molecule has 7 heteroatoms. The number of hydrogen-bond acceptors (Lipinski definition) is 3. The molecule has 0 bridgehead atoms. The molecular formula is C13H16N2O4S. The third-order valence-electron chi connectivity index (χ3n) is 3.92. The monoisotopic (exact) mass is 296 g/mol. The maximum Gasteiger partial charge on any atom is 0.311 e. The molecule has 0 aliphatic carbocycles. The lowest BCUT2D eigenvalue weighted by Crippen LogP contribution is -2.52. The molecule has 0 aromatic heterocycles. The molecule has 2 aliphatic heterocycles. The summed E-state index contributed by atoms with van der Waals surface area (Å²) in [6, 6.07) is 6.86. The second kappa shape index (κ2) is 4.75. The number of rotatable bonds is 3. The number of carboxylic acid groups (broad SMARTS) is 1. The first-order valence-electron chi connectivity index (χ1n) is 6.61. The molecule has 1 saturated heterocycles. The molecule has 1 aromatic rings. The van der Waals surface area contributed by atoms with Crippen molar-refractivity contribution >= 4 is 21.9 Å². The van der Waals surface area contributed by atoms with Gasteiger partial charge >= 0.3 is 16.2 Å². The zero-order chi connectivity index (χ0) is 14.3. The van der Waals surface area contributed by atoms with Crippen LogP contribution < -0.4 is 4.31 Å². The van der Waals surface area contributed by atoms with Crippen LogP contribution in [0.25, 0.3) is 0 Å². The fraction of sp³-hybridized carbons (Fsp3) is 0.462. The Morgan fingerprint density at radius 2 is 1.90 bits per heavy atom. The number of fused-ring (bicyclic) bond motifs is 1. The van der Waals surface area contributed by atoms with Crippen LogP contribution in [0.2, 0.25) is 0 Å². The molecule has 108 valence electrons. The third-order valence-corrected chi connectivity index (χ3v) is 5.87. The van der Waals surface area contributed by atoms with E-state index in [2.05, 4.69) is 0 Å². The summed E-state index contributed by atoms with van der Waals surface area (Å²) in [5, 5.41) is 9.26. The lowest BCUT2D eigenvalue weighted by atomic mass is 9.91. The number of aliphatic carboxylic acids is 1. The highest BCUT2D eigenvalue weighted by Crippen LogP contribution is 2.37. The van der Waals surface area contributed by atoms with Crippen LogP contribution in [0.15, 0.2) is 24.3 Å². The van der Waals surface area contributed by atoms with E-state index < -0.39 is 22.1 Å². The topological polar surface area (TPSA) is 77.9 Å². The van der Waals surface area contributed by atoms with Crippen molar-refractivity contribution in [1.82, 2.24) is 4.31 Å². The van der Waals surface area contributed by atoms with Crippen molar-refractivity contribution in [1.29, 1.82) is 0 Å². The van der Waals surface area contributed by atoms with E-state index in [0.29, 0.717) is 30.8 Å². The lowest BCUT2D eigenvalue weighted by Gasteiger charge is -2.39. The quantitative estimate of drug-likeness (QED) is 0.903. The van der Waals surface area contributed by atoms with Gasteiger partial charge in [-0.05, 0) is 24.5 Å². The summed E-state index contributed by atoms with van der Waals surface area (Å²) in [5.74, 6) is -1.53. The Morgan fingerprint density at radius 3 is 2.50 bits per heavy atom. The number of carboxylic acids is 1. The molecule has 0 radical (unpaired) electrons. The smallest absolute Gasteiger partial charge is 0.311 e. The lowest BCUT2D eigenvalue weighted by molar-refractivity contribution is -0.139. The molecular weight excluding hydrogens is 280 g/mol. The van der Waals surface area contributed by atoms with Gasteiger partial charge < -0.3 is 5.11 Å². The van der Waals surface area contributed by atoms with Crippen LogP contribution in [0.5, 0.6) is 0 Å². The Balaban J connectivity index is 2.03. The van der Waals surface area contributed by atoms with Crippen molar-refractivity contribution in [2.24, 2.45) is 0 Å². The Bertz CT molecular complexity index is 640. The third kappa shape index (κ3) is 1.97. The Hall–Kier alpha value is -1.60. The number of hydrogen-bond donors (Lipinski definition) is 1. The van der Waals surface area contributed by atoms with Crippen molar-refractivity contribution in [3.63, 3.8) is 0 Å². The summed E-state index contributed by atoms with van der Waals surface area (Å²) in [7, 11) is -3.51. The van der Waals surface area contributed by atoms with Crippen LogP contribution in [-0.2, 0) is 15.0 Å². The molecule has 1 fully saturated rings. The van der Waals surface area contributed by atoms with Crippen molar-refractivity contribution in [3.05, 3.63) is 29.8 Å². The maximum atomic E-state index is 12.5. The first-order valence-corrected chi connectivity index (χ1v) is 8.01. The fourth-order valence-corrected chi connectivity index (χ4v) is 4.43. The van der Waals surface area contributed by atoms with Crippen LogP contribution in [0, 0.1) is 0 Å². The SMILES string of the molecule is O=C(O)C1CCN(S(=O)(=O)N2CCC2)c2ccccc21. The normalized spacial score (nSPS) is 23.0. The molecule has 0 saturated carbocycles. The highest BCUT2D eigenvalue weighted by molar-refractivity contribution is 7.90. The Labute approximate surface area is 117 Å². The minimum atomic E-state index is -3.51. The summed E-state index contributed by atoms with van der Waals surface area (Å²) in [4.78, 5) is 11.3. The van der Waals surface area contributed by atoms with Gasteiger partial charge in [-0.15, -0.1) is 0 Å². The summed E-state index contributed by atoms with van der Waals surface area (Å²) >= 11 is 0.